The van der Waals surface area contributed by atoms with E-state index in [1.807, 2.05) is 0 Å². The SMILES string of the molecule is O=C(Nc1ccccc1F)OCCCCCBr. The Morgan fingerprint density at radius 1 is 1.29 bits per heavy atom. The fourth-order valence-electron chi connectivity index (χ4n) is 1.25. The Balaban J connectivity index is 2.23. The smallest absolute Gasteiger partial charge is 0.411 e. The first-order valence-electron chi connectivity index (χ1n) is 5.48. The molecule has 1 amide bonds. The molecule has 0 saturated heterocycles. The first kappa shape index (κ1) is 14.0. The van der Waals surface area contributed by atoms with Crippen molar-refractivity contribution in [2.45, 2.75) is 19.3 Å². The standard InChI is InChI=1S/C12H15BrFNO2/c13-8-4-1-5-9-17-12(16)15-11-7-3-2-6-10(11)14/h2-3,6-7H,1,4-5,8-9H2,(H,15,16). The van der Waals surface area contributed by atoms with Gasteiger partial charge in [-0.2, -0.15) is 0 Å². The van der Waals surface area contributed by atoms with Crippen LogP contribution in [0.2, 0.25) is 0 Å². The van der Waals surface area contributed by atoms with Crippen molar-refractivity contribution in [3.8, 4) is 0 Å². The van der Waals surface area contributed by atoms with Crippen molar-refractivity contribution in [3.63, 3.8) is 0 Å². The van der Waals surface area contributed by atoms with Gasteiger partial charge in [0.1, 0.15) is 5.82 Å². The molecule has 0 saturated carbocycles. The maximum Gasteiger partial charge on any atom is 0.411 e. The van der Waals surface area contributed by atoms with E-state index in [1.54, 1.807) is 12.1 Å². The molecule has 94 valence electrons. The van der Waals surface area contributed by atoms with Gasteiger partial charge in [-0.05, 0) is 31.4 Å². The molecule has 0 spiro atoms. The molecule has 0 aromatic heterocycles. The van der Waals surface area contributed by atoms with Crippen molar-refractivity contribution < 1.29 is 13.9 Å². The van der Waals surface area contributed by atoms with Crippen molar-refractivity contribution in [2.24, 2.45) is 0 Å². The molecule has 0 atom stereocenters. The van der Waals surface area contributed by atoms with E-state index in [0.717, 1.165) is 24.6 Å². The van der Waals surface area contributed by atoms with E-state index in [0.29, 0.717) is 6.61 Å². The van der Waals surface area contributed by atoms with E-state index < -0.39 is 11.9 Å². The molecule has 1 rings (SSSR count). The minimum Gasteiger partial charge on any atom is -0.449 e. The average molecular weight is 304 g/mol. The maximum atomic E-state index is 13.2. The third-order valence-corrected chi connectivity index (χ3v) is 2.68. The van der Waals surface area contributed by atoms with Gasteiger partial charge in [-0.15, -0.1) is 0 Å². The second-order valence-electron chi connectivity index (χ2n) is 3.49. The van der Waals surface area contributed by atoms with Crippen molar-refractivity contribution in [2.75, 3.05) is 17.3 Å². The fourth-order valence-corrected chi connectivity index (χ4v) is 1.64. The van der Waals surface area contributed by atoms with E-state index >= 15 is 0 Å². The Bertz CT molecular complexity index is 360. The largest absolute Gasteiger partial charge is 0.449 e. The lowest BCUT2D eigenvalue weighted by molar-refractivity contribution is 0.159. The zero-order valence-electron chi connectivity index (χ0n) is 9.42. The van der Waals surface area contributed by atoms with Crippen LogP contribution in [0.4, 0.5) is 14.9 Å². The molecule has 0 fully saturated rings. The van der Waals surface area contributed by atoms with Gasteiger partial charge in [-0.1, -0.05) is 28.1 Å². The van der Waals surface area contributed by atoms with Gasteiger partial charge in [0, 0.05) is 5.33 Å². The number of unbranched alkanes of at least 4 members (excludes halogenated alkanes) is 2. The molecule has 0 aliphatic heterocycles. The van der Waals surface area contributed by atoms with Gasteiger partial charge >= 0.3 is 6.09 Å². The molecule has 1 N–H and O–H groups in total. The van der Waals surface area contributed by atoms with E-state index in [2.05, 4.69) is 21.2 Å². The summed E-state index contributed by atoms with van der Waals surface area (Å²) in [6, 6.07) is 5.98. The predicted octanol–water partition coefficient (Wildman–Crippen LogP) is 3.94. The third kappa shape index (κ3) is 5.68. The zero-order chi connectivity index (χ0) is 12.5. The zero-order valence-corrected chi connectivity index (χ0v) is 11.0. The highest BCUT2D eigenvalue weighted by Crippen LogP contribution is 2.12. The van der Waals surface area contributed by atoms with Crippen LogP contribution >= 0.6 is 15.9 Å². The van der Waals surface area contributed by atoms with Gasteiger partial charge in [0.2, 0.25) is 0 Å². The molecule has 0 aliphatic rings. The highest BCUT2D eigenvalue weighted by molar-refractivity contribution is 9.09. The minimum absolute atomic E-state index is 0.137. The summed E-state index contributed by atoms with van der Waals surface area (Å²) in [4.78, 5) is 11.3. The normalized spacial score (nSPS) is 10.0. The Morgan fingerprint density at radius 3 is 2.76 bits per heavy atom. The van der Waals surface area contributed by atoms with Gasteiger partial charge < -0.3 is 4.74 Å². The number of amides is 1. The van der Waals surface area contributed by atoms with E-state index in [1.165, 1.54) is 12.1 Å². The number of ether oxygens (including phenoxy) is 1. The van der Waals surface area contributed by atoms with Gasteiger partial charge in [-0.25, -0.2) is 9.18 Å². The van der Waals surface area contributed by atoms with Crippen LogP contribution in [0.5, 0.6) is 0 Å². The number of anilines is 1. The van der Waals surface area contributed by atoms with Crippen LogP contribution in [-0.2, 0) is 4.74 Å². The fraction of sp³-hybridized carbons (Fsp3) is 0.417. The number of para-hydroxylation sites is 1. The molecule has 5 heteroatoms. The summed E-state index contributed by atoms with van der Waals surface area (Å²) in [6.07, 6.45) is 2.25. The lowest BCUT2D eigenvalue weighted by Crippen LogP contribution is -2.15. The quantitative estimate of drug-likeness (QED) is 0.638. The van der Waals surface area contributed by atoms with Crippen LogP contribution in [0.25, 0.3) is 0 Å². The summed E-state index contributed by atoms with van der Waals surface area (Å²) in [5.74, 6) is -0.469. The van der Waals surface area contributed by atoms with Crippen molar-refractivity contribution >= 4 is 27.7 Å². The van der Waals surface area contributed by atoms with Crippen molar-refractivity contribution in [3.05, 3.63) is 30.1 Å². The average Bonchev–Trinajstić information content (AvgIpc) is 2.32. The molecule has 0 bridgehead atoms. The monoisotopic (exact) mass is 303 g/mol. The van der Waals surface area contributed by atoms with E-state index in [4.69, 9.17) is 4.74 Å². The molecule has 1 aromatic rings. The molecule has 0 radical (unpaired) electrons. The molecular weight excluding hydrogens is 289 g/mol. The molecule has 0 unspecified atom stereocenters. The molecule has 0 aliphatic carbocycles. The molecule has 1 aromatic carbocycles. The van der Waals surface area contributed by atoms with Crippen molar-refractivity contribution in [1.82, 2.24) is 0 Å². The van der Waals surface area contributed by atoms with Gasteiger partial charge in [-0.3, -0.25) is 5.32 Å². The number of carbonyl (C=O) groups excluding carboxylic acids is 1. The molecular formula is C12H15BrFNO2. The Hall–Kier alpha value is -1.10. The van der Waals surface area contributed by atoms with E-state index in [9.17, 15) is 9.18 Å². The second-order valence-corrected chi connectivity index (χ2v) is 4.28. The third-order valence-electron chi connectivity index (χ3n) is 2.12. The lowest BCUT2D eigenvalue weighted by atomic mass is 10.3. The van der Waals surface area contributed by atoms with Gasteiger partial charge in [0.05, 0.1) is 12.3 Å². The number of alkyl halides is 1. The van der Waals surface area contributed by atoms with E-state index in [-0.39, 0.29) is 5.69 Å². The highest BCUT2D eigenvalue weighted by Gasteiger charge is 2.06. The summed E-state index contributed by atoms with van der Waals surface area (Å²) in [7, 11) is 0. The number of halogens is 2. The molecule has 0 heterocycles. The number of hydrogen-bond acceptors (Lipinski definition) is 2. The molecule has 3 nitrogen and oxygen atoms in total. The summed E-state index contributed by atoms with van der Waals surface area (Å²) >= 11 is 3.32. The number of benzene rings is 1. The summed E-state index contributed by atoms with van der Waals surface area (Å²) in [5, 5.41) is 3.31. The Morgan fingerprint density at radius 2 is 2.06 bits per heavy atom. The number of carbonyl (C=O) groups is 1. The van der Waals surface area contributed by atoms with Crippen LogP contribution in [-0.4, -0.2) is 18.0 Å². The summed E-state index contributed by atoms with van der Waals surface area (Å²) < 4.78 is 18.1. The van der Waals surface area contributed by atoms with Gasteiger partial charge in [0.15, 0.2) is 0 Å². The first-order chi connectivity index (χ1) is 8.24. The van der Waals surface area contributed by atoms with Crippen LogP contribution in [0.3, 0.4) is 0 Å². The van der Waals surface area contributed by atoms with Crippen LogP contribution in [0.15, 0.2) is 24.3 Å². The number of hydrogen-bond donors (Lipinski definition) is 1. The minimum atomic E-state index is -0.617. The summed E-state index contributed by atoms with van der Waals surface area (Å²) in [5.41, 5.74) is 0.137. The number of nitrogens with one attached hydrogen (secondary N) is 1. The van der Waals surface area contributed by atoms with Gasteiger partial charge in [0.25, 0.3) is 0 Å². The van der Waals surface area contributed by atoms with Crippen LogP contribution in [0.1, 0.15) is 19.3 Å². The summed E-state index contributed by atoms with van der Waals surface area (Å²) in [6.45, 7) is 0.354. The topological polar surface area (TPSA) is 38.3 Å². The predicted molar refractivity (Wildman–Crippen MR) is 69.0 cm³/mol. The van der Waals surface area contributed by atoms with Crippen LogP contribution < -0.4 is 5.32 Å². The second kappa shape index (κ2) is 8.06. The Kier molecular flexibility index (Phi) is 6.62. The van der Waals surface area contributed by atoms with Crippen LogP contribution in [0, 0.1) is 5.82 Å². The maximum absolute atomic E-state index is 13.2. The lowest BCUT2D eigenvalue weighted by Gasteiger charge is -2.07. The highest BCUT2D eigenvalue weighted by atomic mass is 79.9. The number of rotatable bonds is 6. The molecule has 17 heavy (non-hydrogen) atoms. The first-order valence-corrected chi connectivity index (χ1v) is 6.60. The Labute approximate surface area is 108 Å². The van der Waals surface area contributed by atoms with Crippen molar-refractivity contribution in [1.29, 1.82) is 0 Å².